The molecule has 0 spiro atoms. The van der Waals surface area contributed by atoms with Gasteiger partial charge < -0.3 is 10.0 Å². The van der Waals surface area contributed by atoms with E-state index in [9.17, 15) is 14.3 Å². The van der Waals surface area contributed by atoms with Crippen molar-refractivity contribution in [2.75, 3.05) is 26.2 Å². The van der Waals surface area contributed by atoms with Crippen LogP contribution in [-0.2, 0) is 10.3 Å². The number of hydrogen-bond donors (Lipinski definition) is 2. The summed E-state index contributed by atoms with van der Waals surface area (Å²) in [7, 11) is 0. The van der Waals surface area contributed by atoms with Gasteiger partial charge in [0.15, 0.2) is 0 Å². The van der Waals surface area contributed by atoms with Gasteiger partial charge in [-0.1, -0.05) is 39.0 Å². The third kappa shape index (κ3) is 4.02. The molecule has 4 nitrogen and oxygen atoms in total. The van der Waals surface area contributed by atoms with Crippen LogP contribution in [0.15, 0.2) is 24.3 Å². The molecule has 0 saturated carbocycles. The van der Waals surface area contributed by atoms with Crippen molar-refractivity contribution in [2.24, 2.45) is 0 Å². The standard InChI is InChI=1S/C16H25FN2O2/c1-4-16(15(20)21,13-9-7-8-10-14(13)17)18-11-12-19(5-2)6-3/h7-10,18H,4-6,11-12H2,1-3H3,(H,20,21). The van der Waals surface area contributed by atoms with E-state index < -0.39 is 17.3 Å². The van der Waals surface area contributed by atoms with Gasteiger partial charge in [-0.15, -0.1) is 0 Å². The number of halogens is 1. The molecule has 0 aliphatic carbocycles. The van der Waals surface area contributed by atoms with Crippen LogP contribution in [0.25, 0.3) is 0 Å². The minimum atomic E-state index is -1.38. The molecule has 5 heteroatoms. The lowest BCUT2D eigenvalue weighted by atomic mass is 9.86. The van der Waals surface area contributed by atoms with Crippen molar-refractivity contribution in [1.29, 1.82) is 0 Å². The monoisotopic (exact) mass is 296 g/mol. The molecule has 2 N–H and O–H groups in total. The third-order valence-corrected chi connectivity index (χ3v) is 3.98. The molecule has 0 saturated heterocycles. The number of likely N-dealkylation sites (N-methyl/N-ethyl adjacent to an activating group) is 1. The Bertz CT molecular complexity index is 463. The number of nitrogens with zero attached hydrogens (tertiary/aromatic N) is 1. The minimum absolute atomic E-state index is 0.194. The van der Waals surface area contributed by atoms with Gasteiger partial charge in [0.2, 0.25) is 0 Å². The van der Waals surface area contributed by atoms with Crippen molar-refractivity contribution in [3.8, 4) is 0 Å². The van der Waals surface area contributed by atoms with E-state index in [1.165, 1.54) is 12.1 Å². The van der Waals surface area contributed by atoms with Crippen LogP contribution in [0.3, 0.4) is 0 Å². The maximum absolute atomic E-state index is 14.0. The average Bonchev–Trinajstić information content (AvgIpc) is 2.49. The summed E-state index contributed by atoms with van der Waals surface area (Å²) < 4.78 is 14.0. The molecule has 1 rings (SSSR count). The van der Waals surface area contributed by atoms with Crippen LogP contribution in [0.1, 0.15) is 32.8 Å². The SMILES string of the molecule is CCN(CC)CCNC(CC)(C(=O)O)c1ccccc1F. The zero-order valence-corrected chi connectivity index (χ0v) is 13.0. The molecule has 0 aliphatic heterocycles. The van der Waals surface area contributed by atoms with Crippen molar-refractivity contribution in [3.05, 3.63) is 35.6 Å². The molecule has 1 unspecified atom stereocenters. The first-order valence-electron chi connectivity index (χ1n) is 7.47. The van der Waals surface area contributed by atoms with Crippen molar-refractivity contribution < 1.29 is 14.3 Å². The topological polar surface area (TPSA) is 52.6 Å². The highest BCUT2D eigenvalue weighted by Crippen LogP contribution is 2.27. The minimum Gasteiger partial charge on any atom is -0.480 e. The highest BCUT2D eigenvalue weighted by Gasteiger charge is 2.40. The molecule has 1 aromatic rings. The Labute approximate surface area is 126 Å². The van der Waals surface area contributed by atoms with Crippen LogP contribution >= 0.6 is 0 Å². The molecular weight excluding hydrogens is 271 g/mol. The highest BCUT2D eigenvalue weighted by atomic mass is 19.1. The zero-order valence-electron chi connectivity index (χ0n) is 13.0. The van der Waals surface area contributed by atoms with E-state index in [0.717, 1.165) is 19.6 Å². The number of benzene rings is 1. The Balaban J connectivity index is 2.95. The summed E-state index contributed by atoms with van der Waals surface area (Å²) in [6.45, 7) is 8.92. The van der Waals surface area contributed by atoms with Gasteiger partial charge in [-0.2, -0.15) is 0 Å². The molecule has 0 amide bonds. The second-order valence-corrected chi connectivity index (χ2v) is 5.00. The molecule has 1 atom stereocenters. The Kier molecular flexibility index (Phi) is 6.78. The number of hydrogen-bond acceptors (Lipinski definition) is 3. The molecule has 0 heterocycles. The molecule has 0 aliphatic rings. The summed E-state index contributed by atoms with van der Waals surface area (Å²) in [6, 6.07) is 6.07. The summed E-state index contributed by atoms with van der Waals surface area (Å²) in [5.74, 6) is -1.54. The van der Waals surface area contributed by atoms with E-state index in [2.05, 4.69) is 24.1 Å². The molecule has 0 fully saturated rings. The molecule has 0 aromatic heterocycles. The van der Waals surface area contributed by atoms with E-state index in [1.54, 1.807) is 19.1 Å². The van der Waals surface area contributed by atoms with E-state index in [1.807, 2.05) is 0 Å². The molecular formula is C16H25FN2O2. The first-order chi connectivity index (χ1) is 10.0. The van der Waals surface area contributed by atoms with Crippen molar-refractivity contribution in [1.82, 2.24) is 10.2 Å². The summed E-state index contributed by atoms with van der Waals surface area (Å²) in [5, 5.41) is 12.7. The smallest absolute Gasteiger partial charge is 0.328 e. The quantitative estimate of drug-likeness (QED) is 0.735. The Morgan fingerprint density at radius 1 is 1.29 bits per heavy atom. The van der Waals surface area contributed by atoms with Gasteiger partial charge in [0.1, 0.15) is 11.4 Å². The van der Waals surface area contributed by atoms with Gasteiger partial charge in [0.25, 0.3) is 0 Å². The van der Waals surface area contributed by atoms with E-state index in [-0.39, 0.29) is 12.0 Å². The number of carboxylic acid groups (broad SMARTS) is 1. The Hall–Kier alpha value is -1.46. The lowest BCUT2D eigenvalue weighted by molar-refractivity contribution is -0.145. The predicted octanol–water partition coefficient (Wildman–Crippen LogP) is 2.45. The van der Waals surface area contributed by atoms with Crippen molar-refractivity contribution >= 4 is 5.97 Å². The van der Waals surface area contributed by atoms with Crippen LogP contribution in [-0.4, -0.2) is 42.2 Å². The van der Waals surface area contributed by atoms with E-state index in [4.69, 9.17) is 0 Å². The number of nitrogens with one attached hydrogen (secondary N) is 1. The second-order valence-electron chi connectivity index (χ2n) is 5.00. The molecule has 1 aromatic carbocycles. The van der Waals surface area contributed by atoms with Crippen LogP contribution in [0.5, 0.6) is 0 Å². The number of aliphatic carboxylic acids is 1. The Morgan fingerprint density at radius 2 is 1.90 bits per heavy atom. The van der Waals surface area contributed by atoms with Crippen LogP contribution in [0.4, 0.5) is 4.39 Å². The lowest BCUT2D eigenvalue weighted by Crippen LogP contribution is -2.51. The van der Waals surface area contributed by atoms with Gasteiger partial charge >= 0.3 is 5.97 Å². The van der Waals surface area contributed by atoms with Gasteiger partial charge in [-0.05, 0) is 25.6 Å². The van der Waals surface area contributed by atoms with Crippen LogP contribution in [0, 0.1) is 5.82 Å². The molecule has 0 radical (unpaired) electrons. The fourth-order valence-corrected chi connectivity index (χ4v) is 2.53. The molecule has 118 valence electrons. The molecule has 0 bridgehead atoms. The number of rotatable bonds is 9. The lowest BCUT2D eigenvalue weighted by Gasteiger charge is -2.31. The summed E-state index contributed by atoms with van der Waals surface area (Å²) >= 11 is 0. The second kappa shape index (κ2) is 8.10. The fourth-order valence-electron chi connectivity index (χ4n) is 2.53. The van der Waals surface area contributed by atoms with Gasteiger partial charge in [-0.3, -0.25) is 5.32 Å². The van der Waals surface area contributed by atoms with Gasteiger partial charge in [0.05, 0.1) is 0 Å². The predicted molar refractivity (Wildman–Crippen MR) is 81.8 cm³/mol. The van der Waals surface area contributed by atoms with Crippen molar-refractivity contribution in [2.45, 2.75) is 32.7 Å². The summed E-state index contributed by atoms with van der Waals surface area (Å²) in [6.07, 6.45) is 0.279. The van der Waals surface area contributed by atoms with E-state index >= 15 is 0 Å². The third-order valence-electron chi connectivity index (χ3n) is 3.98. The first-order valence-corrected chi connectivity index (χ1v) is 7.47. The van der Waals surface area contributed by atoms with Crippen LogP contribution < -0.4 is 5.32 Å². The normalized spacial score (nSPS) is 14.1. The van der Waals surface area contributed by atoms with Gasteiger partial charge in [0, 0.05) is 18.7 Å². The fraction of sp³-hybridized carbons (Fsp3) is 0.562. The number of carboxylic acids is 1. The largest absolute Gasteiger partial charge is 0.480 e. The van der Waals surface area contributed by atoms with Crippen LogP contribution in [0.2, 0.25) is 0 Å². The first kappa shape index (κ1) is 17.6. The Morgan fingerprint density at radius 3 is 2.38 bits per heavy atom. The van der Waals surface area contributed by atoms with Gasteiger partial charge in [-0.25, -0.2) is 9.18 Å². The maximum Gasteiger partial charge on any atom is 0.328 e. The number of carbonyl (C=O) groups is 1. The van der Waals surface area contributed by atoms with Crippen molar-refractivity contribution in [3.63, 3.8) is 0 Å². The molecule has 21 heavy (non-hydrogen) atoms. The summed E-state index contributed by atoms with van der Waals surface area (Å²) in [4.78, 5) is 14.0. The zero-order chi connectivity index (χ0) is 15.9. The average molecular weight is 296 g/mol. The summed E-state index contributed by atoms with van der Waals surface area (Å²) in [5.41, 5.74) is -1.18. The highest BCUT2D eigenvalue weighted by molar-refractivity contribution is 5.80. The maximum atomic E-state index is 14.0. The van der Waals surface area contributed by atoms with E-state index in [0.29, 0.717) is 6.54 Å².